The molecule has 1 aromatic carbocycles. The van der Waals surface area contributed by atoms with Gasteiger partial charge in [-0.2, -0.15) is 0 Å². The molecule has 0 aromatic heterocycles. The van der Waals surface area contributed by atoms with Crippen molar-refractivity contribution in [1.29, 1.82) is 0 Å². The van der Waals surface area contributed by atoms with E-state index in [9.17, 15) is 9.59 Å². The molecule has 22 heavy (non-hydrogen) atoms. The van der Waals surface area contributed by atoms with E-state index in [-0.39, 0.29) is 43.0 Å². The maximum Gasteiger partial charge on any atom is 0.220 e. The molecule has 1 amide bonds. The van der Waals surface area contributed by atoms with Crippen LogP contribution in [0.2, 0.25) is 5.02 Å². The topological polar surface area (TPSA) is 58.2 Å². The quantitative estimate of drug-likeness (QED) is 0.807. The first kappa shape index (κ1) is 18.9. The van der Waals surface area contributed by atoms with Crippen LogP contribution in [0.3, 0.4) is 0 Å². The Labute approximate surface area is 142 Å². The highest BCUT2D eigenvalue weighted by molar-refractivity contribution is 6.30. The number of carbonyl (C=O) groups is 2. The number of benzene rings is 1. The number of amides is 1. The second kappa shape index (κ2) is 9.13. The van der Waals surface area contributed by atoms with Crippen molar-refractivity contribution in [2.24, 2.45) is 5.92 Å². The standard InChI is InChI=1S/C16H21ClN2O2.ClH/c1-11-8-9-18-10-14(11)19-16(21)7-6-15(20)12-2-4-13(17)5-3-12;/h2-5,11,14,18H,6-10H2,1H3,(H,19,21);1H. The Morgan fingerprint density at radius 1 is 1.27 bits per heavy atom. The van der Waals surface area contributed by atoms with Gasteiger partial charge in [-0.1, -0.05) is 18.5 Å². The van der Waals surface area contributed by atoms with Gasteiger partial charge in [0.2, 0.25) is 5.91 Å². The molecule has 1 aromatic rings. The Morgan fingerprint density at radius 2 is 1.95 bits per heavy atom. The molecule has 0 saturated carbocycles. The zero-order valence-corrected chi connectivity index (χ0v) is 14.2. The molecule has 122 valence electrons. The summed E-state index contributed by atoms with van der Waals surface area (Å²) in [6, 6.07) is 6.91. The van der Waals surface area contributed by atoms with Crippen LogP contribution in [0.1, 0.15) is 36.5 Å². The van der Waals surface area contributed by atoms with Crippen molar-refractivity contribution in [2.45, 2.75) is 32.2 Å². The van der Waals surface area contributed by atoms with E-state index in [4.69, 9.17) is 11.6 Å². The minimum Gasteiger partial charge on any atom is -0.352 e. The van der Waals surface area contributed by atoms with Crippen LogP contribution in [0, 0.1) is 5.92 Å². The van der Waals surface area contributed by atoms with Crippen molar-refractivity contribution in [3.63, 3.8) is 0 Å². The van der Waals surface area contributed by atoms with E-state index in [1.54, 1.807) is 24.3 Å². The van der Waals surface area contributed by atoms with Gasteiger partial charge in [0.05, 0.1) is 0 Å². The van der Waals surface area contributed by atoms with Crippen LogP contribution < -0.4 is 10.6 Å². The first-order valence-corrected chi connectivity index (χ1v) is 7.73. The molecule has 1 fully saturated rings. The highest BCUT2D eigenvalue weighted by Crippen LogP contribution is 2.13. The van der Waals surface area contributed by atoms with Crippen molar-refractivity contribution >= 4 is 35.7 Å². The predicted molar refractivity (Wildman–Crippen MR) is 90.8 cm³/mol. The summed E-state index contributed by atoms with van der Waals surface area (Å²) >= 11 is 5.78. The van der Waals surface area contributed by atoms with Crippen LogP contribution in [0.25, 0.3) is 0 Å². The summed E-state index contributed by atoms with van der Waals surface area (Å²) < 4.78 is 0. The highest BCUT2D eigenvalue weighted by Gasteiger charge is 2.22. The Kier molecular flexibility index (Phi) is 7.87. The van der Waals surface area contributed by atoms with Crippen LogP contribution >= 0.6 is 24.0 Å². The van der Waals surface area contributed by atoms with Crippen molar-refractivity contribution in [3.8, 4) is 0 Å². The van der Waals surface area contributed by atoms with Crippen LogP contribution in [0.15, 0.2) is 24.3 Å². The third kappa shape index (κ3) is 5.59. The van der Waals surface area contributed by atoms with Gasteiger partial charge in [-0.25, -0.2) is 0 Å². The Bertz CT molecular complexity index is 505. The van der Waals surface area contributed by atoms with Gasteiger partial charge in [0.1, 0.15) is 0 Å². The zero-order chi connectivity index (χ0) is 15.2. The Hall–Kier alpha value is -1.10. The number of piperidine rings is 1. The lowest BCUT2D eigenvalue weighted by Crippen LogP contribution is -2.50. The lowest BCUT2D eigenvalue weighted by atomic mass is 9.94. The fraction of sp³-hybridized carbons (Fsp3) is 0.500. The van der Waals surface area contributed by atoms with Gasteiger partial charge >= 0.3 is 0 Å². The number of nitrogens with one attached hydrogen (secondary N) is 2. The van der Waals surface area contributed by atoms with Crippen LogP contribution in [0.5, 0.6) is 0 Å². The largest absolute Gasteiger partial charge is 0.352 e. The van der Waals surface area contributed by atoms with Crippen LogP contribution in [-0.4, -0.2) is 30.8 Å². The van der Waals surface area contributed by atoms with Gasteiger partial charge in [0.25, 0.3) is 0 Å². The number of ketones is 1. The van der Waals surface area contributed by atoms with E-state index in [1.807, 2.05) is 0 Å². The zero-order valence-electron chi connectivity index (χ0n) is 12.6. The van der Waals surface area contributed by atoms with E-state index in [0.717, 1.165) is 19.5 Å². The number of hydrogen-bond donors (Lipinski definition) is 2. The molecule has 4 nitrogen and oxygen atoms in total. The lowest BCUT2D eigenvalue weighted by Gasteiger charge is -2.30. The molecule has 2 unspecified atom stereocenters. The smallest absolute Gasteiger partial charge is 0.220 e. The summed E-state index contributed by atoms with van der Waals surface area (Å²) in [6.45, 7) is 3.95. The summed E-state index contributed by atoms with van der Waals surface area (Å²) in [6.07, 6.45) is 1.52. The van der Waals surface area contributed by atoms with Gasteiger partial charge in [0.15, 0.2) is 5.78 Å². The maximum atomic E-state index is 12.0. The summed E-state index contributed by atoms with van der Waals surface area (Å²) in [7, 11) is 0. The number of halogens is 2. The predicted octanol–water partition coefficient (Wildman–Crippen LogP) is 2.84. The van der Waals surface area contributed by atoms with Gasteiger partial charge in [-0.05, 0) is 43.1 Å². The van der Waals surface area contributed by atoms with E-state index in [0.29, 0.717) is 16.5 Å². The third-order valence-corrected chi connectivity index (χ3v) is 4.17. The SMILES string of the molecule is CC1CCNCC1NC(=O)CCC(=O)c1ccc(Cl)cc1.Cl. The molecule has 6 heteroatoms. The van der Waals surface area contributed by atoms with Crippen molar-refractivity contribution < 1.29 is 9.59 Å². The summed E-state index contributed by atoms with van der Waals surface area (Å²) in [5.41, 5.74) is 0.597. The molecule has 2 rings (SSSR count). The van der Waals surface area contributed by atoms with Gasteiger partial charge in [0, 0.05) is 36.0 Å². The first-order chi connectivity index (χ1) is 10.1. The number of hydrogen-bond acceptors (Lipinski definition) is 3. The van der Waals surface area contributed by atoms with E-state index in [1.165, 1.54) is 0 Å². The molecule has 2 N–H and O–H groups in total. The summed E-state index contributed by atoms with van der Waals surface area (Å²) in [5.74, 6) is 0.386. The fourth-order valence-electron chi connectivity index (χ4n) is 2.47. The van der Waals surface area contributed by atoms with Crippen molar-refractivity contribution in [3.05, 3.63) is 34.9 Å². The molecule has 0 radical (unpaired) electrons. The first-order valence-electron chi connectivity index (χ1n) is 7.35. The van der Waals surface area contributed by atoms with Crippen LogP contribution in [-0.2, 0) is 4.79 Å². The van der Waals surface area contributed by atoms with Gasteiger partial charge < -0.3 is 10.6 Å². The average molecular weight is 345 g/mol. The molecule has 0 bridgehead atoms. The van der Waals surface area contributed by atoms with Crippen LogP contribution in [0.4, 0.5) is 0 Å². The van der Waals surface area contributed by atoms with Gasteiger partial charge in [-0.3, -0.25) is 9.59 Å². The minimum atomic E-state index is -0.0575. The number of Topliss-reactive ketones (excluding diaryl/α,β-unsaturated/α-hetero) is 1. The molecular weight excluding hydrogens is 323 g/mol. The normalized spacial score (nSPS) is 20.8. The molecule has 1 aliphatic heterocycles. The second-order valence-corrected chi connectivity index (χ2v) is 6.01. The average Bonchev–Trinajstić information content (AvgIpc) is 2.48. The lowest BCUT2D eigenvalue weighted by molar-refractivity contribution is -0.122. The molecular formula is C16H22Cl2N2O2. The van der Waals surface area contributed by atoms with E-state index < -0.39 is 0 Å². The van der Waals surface area contributed by atoms with Crippen molar-refractivity contribution in [2.75, 3.05) is 13.1 Å². The Morgan fingerprint density at radius 3 is 2.59 bits per heavy atom. The Balaban J connectivity index is 0.00000242. The van der Waals surface area contributed by atoms with E-state index in [2.05, 4.69) is 17.6 Å². The summed E-state index contributed by atoms with van der Waals surface area (Å²) in [4.78, 5) is 23.9. The second-order valence-electron chi connectivity index (χ2n) is 5.57. The molecule has 0 spiro atoms. The fourth-order valence-corrected chi connectivity index (χ4v) is 2.60. The monoisotopic (exact) mass is 344 g/mol. The minimum absolute atomic E-state index is 0. The number of carbonyl (C=O) groups excluding carboxylic acids is 2. The highest BCUT2D eigenvalue weighted by atomic mass is 35.5. The molecule has 1 saturated heterocycles. The van der Waals surface area contributed by atoms with Crippen molar-refractivity contribution in [1.82, 2.24) is 10.6 Å². The molecule has 1 heterocycles. The third-order valence-electron chi connectivity index (χ3n) is 3.92. The van der Waals surface area contributed by atoms with E-state index >= 15 is 0 Å². The summed E-state index contributed by atoms with van der Waals surface area (Å²) in [5, 5.41) is 6.88. The molecule has 2 atom stereocenters. The maximum absolute atomic E-state index is 12.0. The molecule has 1 aliphatic rings. The van der Waals surface area contributed by atoms with Gasteiger partial charge in [-0.15, -0.1) is 12.4 Å². The number of rotatable bonds is 5. The molecule has 0 aliphatic carbocycles.